The third kappa shape index (κ3) is 4.88. The van der Waals surface area contributed by atoms with Crippen molar-refractivity contribution in [3.8, 4) is 11.5 Å². The average molecular weight is 367 g/mol. The van der Waals surface area contributed by atoms with Crippen LogP contribution in [0.2, 0.25) is 10.0 Å². The number of rotatable bonds is 6. The lowest BCUT2D eigenvalue weighted by molar-refractivity contribution is -0.120. The fourth-order valence-electron chi connectivity index (χ4n) is 1.99. The van der Waals surface area contributed by atoms with Crippen LogP contribution >= 0.6 is 23.2 Å². The van der Waals surface area contributed by atoms with E-state index in [1.165, 1.54) is 6.21 Å². The predicted octanol–water partition coefficient (Wildman–Crippen LogP) is 3.70. The summed E-state index contributed by atoms with van der Waals surface area (Å²) in [6.45, 7) is 0. The number of ether oxygens (including phenoxy) is 2. The molecule has 1 amide bonds. The van der Waals surface area contributed by atoms with Gasteiger partial charge < -0.3 is 9.47 Å². The Morgan fingerprint density at radius 3 is 2.50 bits per heavy atom. The monoisotopic (exact) mass is 366 g/mol. The van der Waals surface area contributed by atoms with Gasteiger partial charge in [0.2, 0.25) is 5.91 Å². The first-order valence-corrected chi connectivity index (χ1v) is 7.77. The van der Waals surface area contributed by atoms with E-state index in [-0.39, 0.29) is 12.3 Å². The number of carbonyl (C=O) groups is 1. The van der Waals surface area contributed by atoms with Crippen molar-refractivity contribution in [1.29, 1.82) is 0 Å². The van der Waals surface area contributed by atoms with Crippen LogP contribution in [0.25, 0.3) is 0 Å². The minimum atomic E-state index is -0.251. The second-order valence-corrected chi connectivity index (χ2v) is 5.65. The molecule has 0 aliphatic carbocycles. The molecule has 0 unspecified atom stereocenters. The molecule has 2 aromatic rings. The molecule has 2 rings (SSSR count). The summed E-state index contributed by atoms with van der Waals surface area (Å²) in [6, 6.07) is 10.4. The van der Waals surface area contributed by atoms with Gasteiger partial charge in [-0.2, -0.15) is 5.10 Å². The normalized spacial score (nSPS) is 10.7. The molecule has 0 heterocycles. The van der Waals surface area contributed by atoms with Crippen molar-refractivity contribution in [3.05, 3.63) is 57.6 Å². The highest BCUT2D eigenvalue weighted by molar-refractivity contribution is 6.42. The first kappa shape index (κ1) is 18.1. The summed E-state index contributed by atoms with van der Waals surface area (Å²) in [5.41, 5.74) is 3.98. The van der Waals surface area contributed by atoms with Gasteiger partial charge in [0.1, 0.15) is 0 Å². The smallest absolute Gasteiger partial charge is 0.244 e. The number of nitrogens with zero attached hydrogens (tertiary/aromatic N) is 1. The Kier molecular flexibility index (Phi) is 6.46. The molecule has 0 spiro atoms. The zero-order chi connectivity index (χ0) is 17.5. The SMILES string of the molecule is COc1ccc(CC(=O)NN=Cc2ccc(Cl)c(Cl)c2)cc1OC. The zero-order valence-corrected chi connectivity index (χ0v) is 14.7. The molecule has 0 fully saturated rings. The third-order valence-corrected chi connectivity index (χ3v) is 3.90. The van der Waals surface area contributed by atoms with Gasteiger partial charge in [0, 0.05) is 0 Å². The van der Waals surface area contributed by atoms with E-state index in [1.807, 2.05) is 0 Å². The van der Waals surface area contributed by atoms with Crippen LogP contribution in [-0.4, -0.2) is 26.3 Å². The van der Waals surface area contributed by atoms with Gasteiger partial charge in [-0.1, -0.05) is 35.3 Å². The maximum Gasteiger partial charge on any atom is 0.244 e. The van der Waals surface area contributed by atoms with E-state index in [0.29, 0.717) is 21.5 Å². The van der Waals surface area contributed by atoms with Crippen LogP contribution < -0.4 is 14.9 Å². The predicted molar refractivity (Wildman–Crippen MR) is 95.4 cm³/mol. The van der Waals surface area contributed by atoms with Gasteiger partial charge in [0.15, 0.2) is 11.5 Å². The summed E-state index contributed by atoms with van der Waals surface area (Å²) in [5, 5.41) is 4.79. The van der Waals surface area contributed by atoms with Crippen LogP contribution in [0.1, 0.15) is 11.1 Å². The Morgan fingerprint density at radius 1 is 1.08 bits per heavy atom. The van der Waals surface area contributed by atoms with Crippen molar-refractivity contribution in [2.45, 2.75) is 6.42 Å². The van der Waals surface area contributed by atoms with Crippen molar-refractivity contribution in [1.82, 2.24) is 5.43 Å². The van der Waals surface area contributed by atoms with E-state index in [2.05, 4.69) is 10.5 Å². The van der Waals surface area contributed by atoms with Crippen LogP contribution in [0, 0.1) is 0 Å². The van der Waals surface area contributed by atoms with Gasteiger partial charge in [0.05, 0.1) is 36.9 Å². The van der Waals surface area contributed by atoms with E-state index < -0.39 is 0 Å². The summed E-state index contributed by atoms with van der Waals surface area (Å²) in [4.78, 5) is 11.9. The van der Waals surface area contributed by atoms with Gasteiger partial charge >= 0.3 is 0 Å². The Bertz CT molecular complexity index is 763. The summed E-state index contributed by atoms with van der Waals surface area (Å²) < 4.78 is 10.4. The summed E-state index contributed by atoms with van der Waals surface area (Å²) in [7, 11) is 3.10. The van der Waals surface area contributed by atoms with E-state index in [9.17, 15) is 4.79 Å². The lowest BCUT2D eigenvalue weighted by Crippen LogP contribution is -2.19. The molecule has 5 nitrogen and oxygen atoms in total. The summed E-state index contributed by atoms with van der Waals surface area (Å²) in [5.74, 6) is 0.930. The molecular weight excluding hydrogens is 351 g/mol. The van der Waals surface area contributed by atoms with Crippen molar-refractivity contribution >= 4 is 35.3 Å². The summed E-state index contributed by atoms with van der Waals surface area (Å²) >= 11 is 11.7. The van der Waals surface area contributed by atoms with E-state index in [4.69, 9.17) is 32.7 Å². The van der Waals surface area contributed by atoms with Crippen LogP contribution in [0.15, 0.2) is 41.5 Å². The molecule has 24 heavy (non-hydrogen) atoms. The molecule has 1 N–H and O–H groups in total. The molecule has 0 saturated heterocycles. The van der Waals surface area contributed by atoms with Crippen LogP contribution in [0.5, 0.6) is 11.5 Å². The van der Waals surface area contributed by atoms with Crippen LogP contribution in [0.3, 0.4) is 0 Å². The zero-order valence-electron chi connectivity index (χ0n) is 13.2. The number of benzene rings is 2. The van der Waals surface area contributed by atoms with Crippen LogP contribution in [0.4, 0.5) is 0 Å². The quantitative estimate of drug-likeness (QED) is 0.626. The standard InChI is InChI=1S/C17H16Cl2N2O3/c1-23-15-6-4-11(8-16(15)24-2)9-17(22)21-20-10-12-3-5-13(18)14(19)7-12/h3-8,10H,9H2,1-2H3,(H,21,22). The number of hydrogen-bond acceptors (Lipinski definition) is 4. The third-order valence-electron chi connectivity index (χ3n) is 3.16. The lowest BCUT2D eigenvalue weighted by atomic mass is 10.1. The second-order valence-electron chi connectivity index (χ2n) is 4.83. The minimum Gasteiger partial charge on any atom is -0.493 e. The molecule has 0 bridgehead atoms. The van der Waals surface area contributed by atoms with Crippen molar-refractivity contribution in [2.75, 3.05) is 14.2 Å². The molecule has 126 valence electrons. The highest BCUT2D eigenvalue weighted by atomic mass is 35.5. The van der Waals surface area contributed by atoms with Crippen molar-refractivity contribution in [3.63, 3.8) is 0 Å². The average Bonchev–Trinajstić information content (AvgIpc) is 2.58. The maximum absolute atomic E-state index is 11.9. The van der Waals surface area contributed by atoms with E-state index >= 15 is 0 Å². The molecule has 7 heteroatoms. The largest absolute Gasteiger partial charge is 0.493 e. The van der Waals surface area contributed by atoms with Gasteiger partial charge in [-0.3, -0.25) is 4.79 Å². The minimum absolute atomic E-state index is 0.166. The second kappa shape index (κ2) is 8.57. The molecule has 2 aromatic carbocycles. The number of hydrogen-bond donors (Lipinski definition) is 1. The van der Waals surface area contributed by atoms with Gasteiger partial charge in [-0.25, -0.2) is 5.43 Å². The number of methoxy groups -OCH3 is 2. The molecule has 0 saturated carbocycles. The van der Waals surface area contributed by atoms with Gasteiger partial charge in [0.25, 0.3) is 0 Å². The first-order valence-electron chi connectivity index (χ1n) is 7.01. The van der Waals surface area contributed by atoms with Crippen molar-refractivity contribution < 1.29 is 14.3 Å². The Balaban J connectivity index is 1.95. The molecular formula is C17H16Cl2N2O3. The van der Waals surface area contributed by atoms with Crippen LogP contribution in [-0.2, 0) is 11.2 Å². The molecule has 0 aromatic heterocycles. The molecule has 0 radical (unpaired) electrons. The Labute approximate surface area is 150 Å². The lowest BCUT2D eigenvalue weighted by Gasteiger charge is -2.09. The van der Waals surface area contributed by atoms with Gasteiger partial charge in [-0.05, 0) is 35.4 Å². The number of amides is 1. The number of carbonyl (C=O) groups excluding carboxylic acids is 1. The Morgan fingerprint density at radius 2 is 1.83 bits per heavy atom. The highest BCUT2D eigenvalue weighted by Gasteiger charge is 2.07. The maximum atomic E-state index is 11.9. The molecule has 0 atom stereocenters. The number of hydrazone groups is 1. The van der Waals surface area contributed by atoms with Crippen molar-refractivity contribution in [2.24, 2.45) is 5.10 Å². The fraction of sp³-hybridized carbons (Fsp3) is 0.176. The topological polar surface area (TPSA) is 59.9 Å². The molecule has 0 aliphatic heterocycles. The molecule has 0 aliphatic rings. The fourth-order valence-corrected chi connectivity index (χ4v) is 2.29. The first-order chi connectivity index (χ1) is 11.5. The number of halogens is 2. The number of nitrogens with one attached hydrogen (secondary N) is 1. The Hall–Kier alpha value is -2.24. The highest BCUT2D eigenvalue weighted by Crippen LogP contribution is 2.27. The van der Waals surface area contributed by atoms with E-state index in [1.54, 1.807) is 50.6 Å². The van der Waals surface area contributed by atoms with Gasteiger partial charge in [-0.15, -0.1) is 0 Å². The van der Waals surface area contributed by atoms with E-state index in [0.717, 1.165) is 11.1 Å². The summed E-state index contributed by atoms with van der Waals surface area (Å²) in [6.07, 6.45) is 1.66.